The number of carbonyl (C=O) groups excluding carboxylic acids is 1. The van der Waals surface area contributed by atoms with Gasteiger partial charge in [0.05, 0.1) is 11.7 Å². The van der Waals surface area contributed by atoms with Crippen molar-refractivity contribution in [2.75, 3.05) is 11.4 Å². The molecule has 0 aliphatic carbocycles. The van der Waals surface area contributed by atoms with Crippen LogP contribution in [0.1, 0.15) is 57.7 Å². The number of nitrogens with zero attached hydrogens (tertiary/aromatic N) is 3. The SMILES string of the molecule is C[C@H](NCc1cnn(C(C)(C)C)c1)c1ccc(N2CCCC2=O)cc1. The lowest BCUT2D eigenvalue weighted by atomic mass is 10.1. The average Bonchev–Trinajstić information content (AvgIpc) is 3.21. The second-order valence-corrected chi connectivity index (χ2v) is 7.81. The molecule has 5 heteroatoms. The van der Waals surface area contributed by atoms with Crippen molar-refractivity contribution in [3.8, 4) is 0 Å². The van der Waals surface area contributed by atoms with Gasteiger partial charge in [0.1, 0.15) is 0 Å². The van der Waals surface area contributed by atoms with Gasteiger partial charge in [0.15, 0.2) is 0 Å². The molecule has 1 atom stereocenters. The largest absolute Gasteiger partial charge is 0.312 e. The van der Waals surface area contributed by atoms with Crippen molar-refractivity contribution >= 4 is 11.6 Å². The van der Waals surface area contributed by atoms with Crippen LogP contribution in [-0.4, -0.2) is 22.2 Å². The summed E-state index contributed by atoms with van der Waals surface area (Å²) in [5.74, 6) is 0.231. The monoisotopic (exact) mass is 340 g/mol. The molecule has 1 saturated heterocycles. The zero-order valence-electron chi connectivity index (χ0n) is 15.6. The zero-order valence-corrected chi connectivity index (χ0v) is 15.6. The summed E-state index contributed by atoms with van der Waals surface area (Å²) in [6, 6.07) is 8.55. The molecule has 25 heavy (non-hydrogen) atoms. The fourth-order valence-electron chi connectivity index (χ4n) is 3.07. The lowest BCUT2D eigenvalue weighted by Crippen LogP contribution is -2.24. The summed E-state index contributed by atoms with van der Waals surface area (Å²) in [6.45, 7) is 10.2. The first-order chi connectivity index (χ1) is 11.8. The van der Waals surface area contributed by atoms with Crippen LogP contribution in [0.3, 0.4) is 0 Å². The van der Waals surface area contributed by atoms with Crippen LogP contribution >= 0.6 is 0 Å². The molecule has 0 radical (unpaired) electrons. The highest BCUT2D eigenvalue weighted by Crippen LogP contribution is 2.23. The fourth-order valence-corrected chi connectivity index (χ4v) is 3.07. The first-order valence-corrected chi connectivity index (χ1v) is 9.02. The fraction of sp³-hybridized carbons (Fsp3) is 0.500. The van der Waals surface area contributed by atoms with Crippen LogP contribution in [0.5, 0.6) is 0 Å². The second-order valence-electron chi connectivity index (χ2n) is 7.81. The standard InChI is InChI=1S/C20H28N4O/c1-15(21-12-16-13-22-24(14-16)20(2,3)4)17-7-9-18(10-8-17)23-11-5-6-19(23)25/h7-10,13-15,21H,5-6,11-12H2,1-4H3/t15-/m0/s1. The van der Waals surface area contributed by atoms with Crippen LogP contribution in [0.4, 0.5) is 5.69 Å². The van der Waals surface area contributed by atoms with E-state index in [0.717, 1.165) is 25.2 Å². The molecule has 1 aromatic heterocycles. The van der Waals surface area contributed by atoms with Crippen molar-refractivity contribution in [1.82, 2.24) is 15.1 Å². The lowest BCUT2D eigenvalue weighted by Gasteiger charge is -2.19. The number of hydrogen-bond acceptors (Lipinski definition) is 3. The predicted octanol–water partition coefficient (Wildman–Crippen LogP) is 3.62. The molecule has 1 fully saturated rings. The predicted molar refractivity (Wildman–Crippen MR) is 101 cm³/mol. The van der Waals surface area contributed by atoms with E-state index in [2.05, 4.69) is 56.4 Å². The highest BCUT2D eigenvalue weighted by Gasteiger charge is 2.21. The van der Waals surface area contributed by atoms with Crippen LogP contribution in [0.25, 0.3) is 0 Å². The number of nitrogens with one attached hydrogen (secondary N) is 1. The third kappa shape index (κ3) is 4.10. The van der Waals surface area contributed by atoms with Gasteiger partial charge in [-0.15, -0.1) is 0 Å². The van der Waals surface area contributed by atoms with E-state index in [1.165, 1.54) is 11.1 Å². The van der Waals surface area contributed by atoms with Gasteiger partial charge in [-0.1, -0.05) is 12.1 Å². The normalized spacial score (nSPS) is 16.5. The molecule has 0 unspecified atom stereocenters. The Kier molecular flexibility index (Phi) is 4.95. The Bertz CT molecular complexity index is 727. The highest BCUT2D eigenvalue weighted by atomic mass is 16.2. The molecule has 0 spiro atoms. The second kappa shape index (κ2) is 7.00. The van der Waals surface area contributed by atoms with Crippen LogP contribution in [0.2, 0.25) is 0 Å². The van der Waals surface area contributed by atoms with Crippen molar-refractivity contribution in [3.63, 3.8) is 0 Å². The number of hydrogen-bond donors (Lipinski definition) is 1. The van der Waals surface area contributed by atoms with Crippen LogP contribution in [0, 0.1) is 0 Å². The van der Waals surface area contributed by atoms with E-state index in [0.29, 0.717) is 6.42 Å². The summed E-state index contributed by atoms with van der Waals surface area (Å²) in [4.78, 5) is 13.7. The third-order valence-corrected chi connectivity index (χ3v) is 4.71. The smallest absolute Gasteiger partial charge is 0.227 e. The van der Waals surface area contributed by atoms with Crippen molar-refractivity contribution in [2.24, 2.45) is 0 Å². The Hall–Kier alpha value is -2.14. The summed E-state index contributed by atoms with van der Waals surface area (Å²) < 4.78 is 2.00. The number of rotatable bonds is 5. The minimum atomic E-state index is 0.00665. The van der Waals surface area contributed by atoms with E-state index in [1.807, 2.05) is 27.9 Å². The molecule has 0 bridgehead atoms. The minimum absolute atomic E-state index is 0.00665. The molecule has 5 nitrogen and oxygen atoms in total. The zero-order chi connectivity index (χ0) is 18.0. The van der Waals surface area contributed by atoms with Gasteiger partial charge in [-0.05, 0) is 51.8 Å². The average molecular weight is 340 g/mol. The summed E-state index contributed by atoms with van der Waals surface area (Å²) in [6.07, 6.45) is 5.65. The van der Waals surface area contributed by atoms with Crippen molar-refractivity contribution in [2.45, 2.75) is 58.7 Å². The molecule has 3 rings (SSSR count). The maximum Gasteiger partial charge on any atom is 0.227 e. The quantitative estimate of drug-likeness (QED) is 0.904. The Morgan fingerprint density at radius 2 is 1.96 bits per heavy atom. The molecule has 0 saturated carbocycles. The van der Waals surface area contributed by atoms with Gasteiger partial charge < -0.3 is 10.2 Å². The van der Waals surface area contributed by atoms with Gasteiger partial charge in [-0.3, -0.25) is 9.48 Å². The van der Waals surface area contributed by atoms with Crippen LogP contribution in [-0.2, 0) is 16.9 Å². The molecule has 1 aromatic carbocycles. The molecule has 1 amide bonds. The molecular formula is C20H28N4O. The number of amides is 1. The molecule has 2 heterocycles. The maximum atomic E-state index is 11.8. The number of carbonyl (C=O) groups is 1. The molecule has 1 aliphatic rings. The Morgan fingerprint density at radius 3 is 2.52 bits per heavy atom. The minimum Gasteiger partial charge on any atom is -0.312 e. The molecule has 1 N–H and O–H groups in total. The Labute approximate surface area is 150 Å². The van der Waals surface area contributed by atoms with Gasteiger partial charge in [0, 0.05) is 43.0 Å². The van der Waals surface area contributed by atoms with Gasteiger partial charge in [0.2, 0.25) is 5.91 Å². The van der Waals surface area contributed by atoms with Crippen molar-refractivity contribution in [3.05, 3.63) is 47.8 Å². The highest BCUT2D eigenvalue weighted by molar-refractivity contribution is 5.95. The van der Waals surface area contributed by atoms with Crippen molar-refractivity contribution in [1.29, 1.82) is 0 Å². The lowest BCUT2D eigenvalue weighted by molar-refractivity contribution is -0.117. The molecule has 2 aromatic rings. The topological polar surface area (TPSA) is 50.2 Å². The first-order valence-electron chi connectivity index (χ1n) is 9.02. The molecule has 134 valence electrons. The van der Waals surface area contributed by atoms with Gasteiger partial charge >= 0.3 is 0 Å². The van der Waals surface area contributed by atoms with E-state index < -0.39 is 0 Å². The first kappa shape index (κ1) is 17.7. The van der Waals surface area contributed by atoms with E-state index in [1.54, 1.807) is 0 Å². The van der Waals surface area contributed by atoms with Gasteiger partial charge in [-0.2, -0.15) is 5.10 Å². The Morgan fingerprint density at radius 1 is 1.24 bits per heavy atom. The number of aromatic nitrogens is 2. The van der Waals surface area contributed by atoms with E-state index in [9.17, 15) is 4.79 Å². The van der Waals surface area contributed by atoms with E-state index >= 15 is 0 Å². The maximum absolute atomic E-state index is 11.8. The summed E-state index contributed by atoms with van der Waals surface area (Å²) in [7, 11) is 0. The van der Waals surface area contributed by atoms with Crippen LogP contribution < -0.4 is 10.2 Å². The number of anilines is 1. The molecule has 1 aliphatic heterocycles. The summed E-state index contributed by atoms with van der Waals surface area (Å²) in [5, 5.41) is 7.98. The summed E-state index contributed by atoms with van der Waals surface area (Å²) >= 11 is 0. The Balaban J connectivity index is 1.59. The van der Waals surface area contributed by atoms with Gasteiger partial charge in [0.25, 0.3) is 0 Å². The van der Waals surface area contributed by atoms with Crippen molar-refractivity contribution < 1.29 is 4.79 Å². The van der Waals surface area contributed by atoms with Gasteiger partial charge in [-0.25, -0.2) is 0 Å². The van der Waals surface area contributed by atoms with Crippen LogP contribution in [0.15, 0.2) is 36.7 Å². The van der Waals surface area contributed by atoms with E-state index in [-0.39, 0.29) is 17.5 Å². The number of benzene rings is 1. The third-order valence-electron chi connectivity index (χ3n) is 4.71. The molecular weight excluding hydrogens is 312 g/mol. The summed E-state index contributed by atoms with van der Waals surface area (Å²) in [5.41, 5.74) is 3.41. The van der Waals surface area contributed by atoms with E-state index in [4.69, 9.17) is 0 Å².